The highest BCUT2D eigenvalue weighted by atomic mass is 35.5. The minimum Gasteiger partial charge on any atom is -0.450 e. The van der Waals surface area contributed by atoms with Crippen molar-refractivity contribution in [2.45, 2.75) is 6.54 Å². The van der Waals surface area contributed by atoms with Crippen molar-refractivity contribution in [2.24, 2.45) is 0 Å². The average Bonchev–Trinajstić information content (AvgIpc) is 3.04. The molecular weight excluding hydrogens is 377 g/mol. The van der Waals surface area contributed by atoms with Crippen LogP contribution in [0.1, 0.15) is 16.1 Å². The van der Waals surface area contributed by atoms with Gasteiger partial charge in [0.25, 0.3) is 5.91 Å². The Bertz CT molecular complexity index is 950. The molecule has 0 saturated carbocycles. The summed E-state index contributed by atoms with van der Waals surface area (Å²) >= 11 is 11.7. The van der Waals surface area contributed by atoms with Crippen LogP contribution in [0.3, 0.4) is 0 Å². The number of hydrogen-bond acceptors (Lipinski definition) is 4. The standard InChI is InChI=1S/C19H15Cl2NO4/c1-22(10-12-2-4-14(20)5-3-12)18(23)11-25-19(24)17-9-13-8-15(21)6-7-16(13)26-17/h2-9H,10-11H2,1H3. The van der Waals surface area contributed by atoms with Crippen LogP contribution in [-0.4, -0.2) is 30.4 Å². The van der Waals surface area contributed by atoms with Crippen molar-refractivity contribution in [1.29, 1.82) is 0 Å². The van der Waals surface area contributed by atoms with Crippen LogP contribution in [0.25, 0.3) is 11.0 Å². The fourth-order valence-corrected chi connectivity index (χ4v) is 2.68. The molecule has 0 aliphatic heterocycles. The Labute approximate surface area is 160 Å². The van der Waals surface area contributed by atoms with Crippen LogP contribution >= 0.6 is 23.2 Å². The number of fused-ring (bicyclic) bond motifs is 1. The average molecular weight is 392 g/mol. The number of hydrogen-bond donors (Lipinski definition) is 0. The minimum atomic E-state index is -0.703. The number of halogens is 2. The third-order valence-electron chi connectivity index (χ3n) is 3.77. The lowest BCUT2D eigenvalue weighted by atomic mass is 10.2. The van der Waals surface area contributed by atoms with Gasteiger partial charge in [-0.2, -0.15) is 0 Å². The Morgan fingerprint density at radius 1 is 1.04 bits per heavy atom. The molecule has 7 heteroatoms. The molecule has 0 bridgehead atoms. The van der Waals surface area contributed by atoms with Crippen LogP contribution in [-0.2, 0) is 16.1 Å². The Morgan fingerprint density at radius 3 is 2.46 bits per heavy atom. The molecule has 1 aromatic heterocycles. The predicted octanol–water partition coefficient (Wildman–Crippen LogP) is 4.56. The van der Waals surface area contributed by atoms with E-state index in [2.05, 4.69) is 0 Å². The van der Waals surface area contributed by atoms with E-state index in [4.69, 9.17) is 32.4 Å². The van der Waals surface area contributed by atoms with Gasteiger partial charge in [0.2, 0.25) is 5.76 Å². The summed E-state index contributed by atoms with van der Waals surface area (Å²) in [6.07, 6.45) is 0. The van der Waals surface area contributed by atoms with E-state index in [1.165, 1.54) is 11.0 Å². The second-order valence-corrected chi connectivity index (χ2v) is 6.62. The zero-order valence-electron chi connectivity index (χ0n) is 13.9. The first kappa shape index (κ1) is 18.3. The number of benzene rings is 2. The molecule has 26 heavy (non-hydrogen) atoms. The predicted molar refractivity (Wildman–Crippen MR) is 99.4 cm³/mol. The fraction of sp³-hybridized carbons (Fsp3) is 0.158. The molecule has 0 aliphatic carbocycles. The molecule has 0 spiro atoms. The van der Waals surface area contributed by atoms with Crippen LogP contribution in [0.5, 0.6) is 0 Å². The number of ether oxygens (including phenoxy) is 1. The van der Waals surface area contributed by atoms with E-state index >= 15 is 0 Å². The molecule has 1 amide bonds. The van der Waals surface area contributed by atoms with Gasteiger partial charge in [0.1, 0.15) is 5.58 Å². The summed E-state index contributed by atoms with van der Waals surface area (Å²) in [5.74, 6) is -1.01. The van der Waals surface area contributed by atoms with Crippen LogP contribution in [0.2, 0.25) is 10.0 Å². The highest BCUT2D eigenvalue weighted by Crippen LogP contribution is 2.23. The molecule has 1 heterocycles. The third kappa shape index (κ3) is 4.36. The SMILES string of the molecule is CN(Cc1ccc(Cl)cc1)C(=O)COC(=O)c1cc2cc(Cl)ccc2o1. The van der Waals surface area contributed by atoms with Gasteiger partial charge < -0.3 is 14.1 Å². The molecule has 3 rings (SSSR count). The summed E-state index contributed by atoms with van der Waals surface area (Å²) in [5.41, 5.74) is 1.44. The van der Waals surface area contributed by atoms with Gasteiger partial charge in [0.05, 0.1) is 0 Å². The number of rotatable bonds is 5. The normalized spacial score (nSPS) is 10.7. The number of esters is 1. The molecule has 134 valence electrons. The largest absolute Gasteiger partial charge is 0.450 e. The van der Waals surface area contributed by atoms with Gasteiger partial charge in [-0.3, -0.25) is 4.79 Å². The van der Waals surface area contributed by atoms with Crippen LogP contribution in [0, 0.1) is 0 Å². The maximum atomic E-state index is 12.1. The highest BCUT2D eigenvalue weighted by molar-refractivity contribution is 6.31. The van der Waals surface area contributed by atoms with Crippen molar-refractivity contribution in [3.8, 4) is 0 Å². The molecule has 0 unspecified atom stereocenters. The summed E-state index contributed by atoms with van der Waals surface area (Å²) in [4.78, 5) is 25.7. The van der Waals surface area contributed by atoms with Crippen molar-refractivity contribution in [2.75, 3.05) is 13.7 Å². The van der Waals surface area contributed by atoms with Crippen LogP contribution in [0.4, 0.5) is 0 Å². The smallest absolute Gasteiger partial charge is 0.374 e. The third-order valence-corrected chi connectivity index (χ3v) is 4.25. The number of furan rings is 1. The van der Waals surface area contributed by atoms with Gasteiger partial charge >= 0.3 is 5.97 Å². The lowest BCUT2D eigenvalue weighted by molar-refractivity contribution is -0.133. The Balaban J connectivity index is 1.57. The van der Waals surface area contributed by atoms with Crippen molar-refractivity contribution in [3.05, 3.63) is 69.9 Å². The zero-order valence-corrected chi connectivity index (χ0v) is 15.4. The molecule has 0 fully saturated rings. The van der Waals surface area contributed by atoms with Gasteiger partial charge in [-0.05, 0) is 42.0 Å². The first-order chi connectivity index (χ1) is 12.4. The Hall–Kier alpha value is -2.50. The molecule has 0 aliphatic rings. The first-order valence-corrected chi connectivity index (χ1v) is 8.52. The molecule has 0 atom stereocenters. The van der Waals surface area contributed by atoms with E-state index in [0.29, 0.717) is 27.6 Å². The summed E-state index contributed by atoms with van der Waals surface area (Å²) in [5, 5.41) is 1.86. The summed E-state index contributed by atoms with van der Waals surface area (Å²) in [6.45, 7) is 0.0113. The Kier molecular flexibility index (Phi) is 5.49. The van der Waals surface area contributed by atoms with Crippen molar-refractivity contribution >= 4 is 46.0 Å². The number of nitrogens with zero attached hydrogens (tertiary/aromatic N) is 1. The number of amides is 1. The van der Waals surface area contributed by atoms with Crippen molar-refractivity contribution in [3.63, 3.8) is 0 Å². The van der Waals surface area contributed by atoms with E-state index in [1.807, 2.05) is 12.1 Å². The number of carbonyl (C=O) groups excluding carboxylic acids is 2. The lowest BCUT2D eigenvalue weighted by Gasteiger charge is -2.17. The van der Waals surface area contributed by atoms with E-state index in [-0.39, 0.29) is 18.3 Å². The molecule has 5 nitrogen and oxygen atoms in total. The monoisotopic (exact) mass is 391 g/mol. The maximum absolute atomic E-state index is 12.1. The molecule has 3 aromatic rings. The zero-order chi connectivity index (χ0) is 18.7. The van der Waals surface area contributed by atoms with E-state index in [9.17, 15) is 9.59 Å². The van der Waals surface area contributed by atoms with Gasteiger partial charge in [-0.25, -0.2) is 4.79 Å². The topological polar surface area (TPSA) is 59.8 Å². The Morgan fingerprint density at radius 2 is 1.73 bits per heavy atom. The first-order valence-electron chi connectivity index (χ1n) is 7.77. The van der Waals surface area contributed by atoms with E-state index in [1.54, 1.807) is 37.4 Å². The summed E-state index contributed by atoms with van der Waals surface area (Å²) in [6, 6.07) is 13.7. The molecule has 0 radical (unpaired) electrons. The fourth-order valence-electron chi connectivity index (χ4n) is 2.38. The highest BCUT2D eigenvalue weighted by Gasteiger charge is 2.17. The summed E-state index contributed by atoms with van der Waals surface area (Å²) < 4.78 is 10.5. The maximum Gasteiger partial charge on any atom is 0.374 e. The van der Waals surface area contributed by atoms with Crippen LogP contribution in [0.15, 0.2) is 52.9 Å². The minimum absolute atomic E-state index is 0.0235. The number of carbonyl (C=O) groups is 2. The molecule has 0 saturated heterocycles. The van der Waals surface area contributed by atoms with Gasteiger partial charge in [-0.15, -0.1) is 0 Å². The number of likely N-dealkylation sites (N-methyl/N-ethyl adjacent to an activating group) is 1. The summed E-state index contributed by atoms with van der Waals surface area (Å²) in [7, 11) is 1.63. The van der Waals surface area contributed by atoms with Crippen molar-refractivity contribution in [1.82, 2.24) is 4.90 Å². The molecule has 2 aromatic carbocycles. The van der Waals surface area contributed by atoms with E-state index in [0.717, 1.165) is 5.56 Å². The van der Waals surface area contributed by atoms with E-state index < -0.39 is 5.97 Å². The van der Waals surface area contributed by atoms with Crippen molar-refractivity contribution < 1.29 is 18.7 Å². The van der Waals surface area contributed by atoms with Gasteiger partial charge in [0.15, 0.2) is 6.61 Å². The lowest BCUT2D eigenvalue weighted by Crippen LogP contribution is -2.30. The molecular formula is C19H15Cl2NO4. The second kappa shape index (κ2) is 7.81. The van der Waals surface area contributed by atoms with Gasteiger partial charge in [0, 0.05) is 29.0 Å². The second-order valence-electron chi connectivity index (χ2n) is 5.75. The quantitative estimate of drug-likeness (QED) is 0.598. The molecule has 0 N–H and O–H groups in total. The van der Waals surface area contributed by atoms with Crippen LogP contribution < -0.4 is 0 Å². The van der Waals surface area contributed by atoms with Gasteiger partial charge in [-0.1, -0.05) is 35.3 Å².